The molecule has 2 aromatic heterocycles. The number of aliphatic hydroxyl groups is 2. The molecule has 0 unspecified atom stereocenters. The van der Waals surface area contributed by atoms with Crippen molar-refractivity contribution in [1.82, 2.24) is 19.5 Å². The van der Waals surface area contributed by atoms with E-state index in [1.54, 1.807) is 4.57 Å². The lowest BCUT2D eigenvalue weighted by Gasteiger charge is -2.09. The molecule has 2 heterocycles. The number of aromatic nitrogens is 4. The molecule has 0 spiro atoms. The van der Waals surface area contributed by atoms with Gasteiger partial charge in [-0.15, -0.1) is 0 Å². The van der Waals surface area contributed by atoms with Crippen molar-refractivity contribution in [2.75, 3.05) is 12.3 Å². The molecule has 2 rings (SSSR count). The number of aryl methyl sites for hydroxylation is 1. The highest BCUT2D eigenvalue weighted by atomic mass is 16.3. The third-order valence-electron chi connectivity index (χ3n) is 2.66. The fourth-order valence-corrected chi connectivity index (χ4v) is 1.72. The summed E-state index contributed by atoms with van der Waals surface area (Å²) in [7, 11) is 0. The number of aliphatic hydroxyl groups excluding tert-OH is 2. The van der Waals surface area contributed by atoms with E-state index < -0.39 is 6.10 Å². The molecule has 0 aliphatic carbocycles. The predicted octanol–water partition coefficient (Wildman–Crippen LogP) is -1.16. The van der Waals surface area contributed by atoms with Gasteiger partial charge in [0.15, 0.2) is 11.2 Å². The average molecular weight is 253 g/mol. The molecule has 0 aliphatic heterocycles. The fraction of sp³-hybridized carbons (Fsp3) is 0.500. The van der Waals surface area contributed by atoms with Gasteiger partial charge in [-0.05, 0) is 12.8 Å². The Kier molecular flexibility index (Phi) is 3.58. The molecule has 0 radical (unpaired) electrons. The molecule has 8 nitrogen and oxygen atoms in total. The molecule has 0 aliphatic rings. The van der Waals surface area contributed by atoms with Gasteiger partial charge in [0.05, 0.1) is 12.4 Å². The van der Waals surface area contributed by atoms with Gasteiger partial charge in [0, 0.05) is 13.2 Å². The first-order valence-corrected chi connectivity index (χ1v) is 5.61. The van der Waals surface area contributed by atoms with Crippen molar-refractivity contribution < 1.29 is 10.2 Å². The number of aromatic amines is 1. The molecule has 98 valence electrons. The summed E-state index contributed by atoms with van der Waals surface area (Å²) in [5.74, 6) is 0.0326. The maximum atomic E-state index is 11.5. The molecule has 0 bridgehead atoms. The summed E-state index contributed by atoms with van der Waals surface area (Å²) in [6, 6.07) is 0. The van der Waals surface area contributed by atoms with E-state index in [4.69, 9.17) is 10.8 Å². The van der Waals surface area contributed by atoms with E-state index in [-0.39, 0.29) is 23.6 Å². The summed E-state index contributed by atoms with van der Waals surface area (Å²) in [6.07, 6.45) is 1.66. The summed E-state index contributed by atoms with van der Waals surface area (Å²) in [5, 5.41) is 18.2. The van der Waals surface area contributed by atoms with E-state index in [1.165, 1.54) is 6.33 Å². The van der Waals surface area contributed by atoms with Crippen molar-refractivity contribution in [2.45, 2.75) is 25.5 Å². The highest BCUT2D eigenvalue weighted by Gasteiger charge is 2.10. The lowest BCUT2D eigenvalue weighted by molar-refractivity contribution is 0.121. The summed E-state index contributed by atoms with van der Waals surface area (Å²) in [5.41, 5.74) is 5.70. The van der Waals surface area contributed by atoms with E-state index in [1.807, 2.05) is 0 Å². The van der Waals surface area contributed by atoms with Crippen LogP contribution in [0, 0.1) is 0 Å². The van der Waals surface area contributed by atoms with E-state index in [9.17, 15) is 9.90 Å². The molecule has 1 atom stereocenters. The van der Waals surface area contributed by atoms with Gasteiger partial charge >= 0.3 is 0 Å². The quantitative estimate of drug-likeness (QED) is 0.531. The minimum Gasteiger partial charge on any atom is -0.396 e. The number of nitrogen functional groups attached to an aromatic ring is 1. The van der Waals surface area contributed by atoms with Crippen molar-refractivity contribution in [3.05, 3.63) is 16.7 Å². The largest absolute Gasteiger partial charge is 0.396 e. The normalized spacial score (nSPS) is 13.0. The Morgan fingerprint density at radius 1 is 1.50 bits per heavy atom. The van der Waals surface area contributed by atoms with Gasteiger partial charge in [0.1, 0.15) is 0 Å². The minimum atomic E-state index is -0.591. The van der Waals surface area contributed by atoms with E-state index in [0.717, 1.165) is 0 Å². The number of nitrogens with zero attached hydrogens (tertiary/aromatic N) is 3. The van der Waals surface area contributed by atoms with Crippen molar-refractivity contribution in [2.24, 2.45) is 0 Å². The summed E-state index contributed by atoms with van der Waals surface area (Å²) in [6.45, 7) is 0.393. The number of imidazole rings is 1. The Morgan fingerprint density at radius 3 is 3.00 bits per heavy atom. The molecule has 2 aromatic rings. The third-order valence-corrected chi connectivity index (χ3v) is 2.66. The Hall–Kier alpha value is -1.93. The van der Waals surface area contributed by atoms with Crippen LogP contribution in [0.3, 0.4) is 0 Å². The number of nitrogens with two attached hydrogens (primary N) is 1. The van der Waals surface area contributed by atoms with Gasteiger partial charge in [-0.25, -0.2) is 4.98 Å². The average Bonchev–Trinajstić information content (AvgIpc) is 2.70. The van der Waals surface area contributed by atoms with E-state index in [0.29, 0.717) is 25.0 Å². The van der Waals surface area contributed by atoms with Gasteiger partial charge in [-0.2, -0.15) is 4.98 Å². The van der Waals surface area contributed by atoms with E-state index in [2.05, 4.69) is 15.0 Å². The Morgan fingerprint density at radius 2 is 2.28 bits per heavy atom. The van der Waals surface area contributed by atoms with Gasteiger partial charge in [0.2, 0.25) is 5.95 Å². The Labute approximate surface area is 102 Å². The minimum absolute atomic E-state index is 0.0326. The maximum Gasteiger partial charge on any atom is 0.280 e. The zero-order valence-electron chi connectivity index (χ0n) is 9.70. The first-order chi connectivity index (χ1) is 8.61. The highest BCUT2D eigenvalue weighted by molar-refractivity contribution is 5.70. The number of hydrogen-bond donors (Lipinski definition) is 4. The molecule has 5 N–H and O–H groups in total. The van der Waals surface area contributed by atoms with Crippen LogP contribution in [-0.2, 0) is 6.54 Å². The van der Waals surface area contributed by atoms with Crippen LogP contribution in [0.2, 0.25) is 0 Å². The molecule has 8 heteroatoms. The molecular weight excluding hydrogens is 238 g/mol. The summed E-state index contributed by atoms with van der Waals surface area (Å²) in [4.78, 5) is 21.8. The second kappa shape index (κ2) is 5.15. The van der Waals surface area contributed by atoms with Crippen molar-refractivity contribution in [3.8, 4) is 0 Å². The number of anilines is 1. The van der Waals surface area contributed by atoms with Gasteiger partial charge in [0.25, 0.3) is 5.56 Å². The lowest BCUT2D eigenvalue weighted by Crippen LogP contribution is -2.14. The molecule has 0 aromatic carbocycles. The number of rotatable bonds is 5. The van der Waals surface area contributed by atoms with Crippen LogP contribution in [0.25, 0.3) is 11.2 Å². The predicted molar refractivity (Wildman–Crippen MR) is 64.9 cm³/mol. The molecule has 18 heavy (non-hydrogen) atoms. The third kappa shape index (κ3) is 2.49. The summed E-state index contributed by atoms with van der Waals surface area (Å²) >= 11 is 0. The SMILES string of the molecule is Nc1nc2c(ncn2CC[C@@H](O)CCO)c(=O)[nH]1. The monoisotopic (exact) mass is 253 g/mol. The zero-order chi connectivity index (χ0) is 13.1. The number of H-pyrrole nitrogens is 1. The first kappa shape index (κ1) is 12.5. The van der Waals surface area contributed by atoms with Crippen LogP contribution in [0.4, 0.5) is 5.95 Å². The lowest BCUT2D eigenvalue weighted by atomic mass is 10.2. The second-order valence-electron chi connectivity index (χ2n) is 4.02. The van der Waals surface area contributed by atoms with Crippen LogP contribution < -0.4 is 11.3 Å². The molecule has 0 saturated heterocycles. The van der Waals surface area contributed by atoms with Crippen molar-refractivity contribution >= 4 is 17.1 Å². The molecule has 0 saturated carbocycles. The fourth-order valence-electron chi connectivity index (χ4n) is 1.72. The van der Waals surface area contributed by atoms with Crippen LogP contribution in [0.5, 0.6) is 0 Å². The molecule has 0 fully saturated rings. The van der Waals surface area contributed by atoms with Crippen LogP contribution in [0.1, 0.15) is 12.8 Å². The molecular formula is C10H15N5O3. The smallest absolute Gasteiger partial charge is 0.280 e. The molecule has 0 amide bonds. The van der Waals surface area contributed by atoms with Gasteiger partial charge in [-0.1, -0.05) is 0 Å². The van der Waals surface area contributed by atoms with Crippen LogP contribution >= 0.6 is 0 Å². The number of hydrogen-bond acceptors (Lipinski definition) is 6. The first-order valence-electron chi connectivity index (χ1n) is 5.61. The maximum absolute atomic E-state index is 11.5. The highest BCUT2D eigenvalue weighted by Crippen LogP contribution is 2.08. The van der Waals surface area contributed by atoms with Crippen LogP contribution in [0.15, 0.2) is 11.1 Å². The zero-order valence-corrected chi connectivity index (χ0v) is 9.70. The van der Waals surface area contributed by atoms with Gasteiger partial charge < -0.3 is 20.5 Å². The summed E-state index contributed by atoms with van der Waals surface area (Å²) < 4.78 is 1.65. The number of nitrogens with one attached hydrogen (secondary N) is 1. The standard InChI is InChI=1S/C10H15N5O3/c11-10-13-8-7(9(18)14-10)12-5-15(8)3-1-6(17)2-4-16/h5-6,16-17H,1-4H2,(H3,11,13,14,18)/t6-/m1/s1. The van der Waals surface area contributed by atoms with Crippen molar-refractivity contribution in [1.29, 1.82) is 0 Å². The Balaban J connectivity index is 2.22. The van der Waals surface area contributed by atoms with E-state index >= 15 is 0 Å². The van der Waals surface area contributed by atoms with Gasteiger partial charge in [-0.3, -0.25) is 9.78 Å². The van der Waals surface area contributed by atoms with Crippen molar-refractivity contribution in [3.63, 3.8) is 0 Å². The second-order valence-corrected chi connectivity index (χ2v) is 4.02. The Bertz CT molecular complexity index is 591. The van der Waals surface area contributed by atoms with Crippen LogP contribution in [-0.4, -0.2) is 42.4 Å². The topological polar surface area (TPSA) is 130 Å². The number of fused-ring (bicyclic) bond motifs is 1.